The first-order valence-corrected chi connectivity index (χ1v) is 19.6. The van der Waals surface area contributed by atoms with Gasteiger partial charge in [-0.05, 0) is 62.1 Å². The van der Waals surface area contributed by atoms with Crippen molar-refractivity contribution in [2.75, 3.05) is 0 Å². The second kappa shape index (κ2) is 12.2. The molecule has 0 aliphatic heterocycles. The van der Waals surface area contributed by atoms with Crippen molar-refractivity contribution in [3.05, 3.63) is 176 Å². The fourth-order valence-electron chi connectivity index (χ4n) is 8.56. The Hall–Kier alpha value is -7.21. The van der Waals surface area contributed by atoms with Crippen LogP contribution in [-0.4, -0.2) is 15.0 Å². The Labute approximate surface area is 325 Å². The van der Waals surface area contributed by atoms with Crippen molar-refractivity contribution < 1.29 is 4.42 Å². The van der Waals surface area contributed by atoms with E-state index in [2.05, 4.69) is 146 Å². The molecule has 5 heteroatoms. The lowest BCUT2D eigenvalue weighted by Crippen LogP contribution is -2.00. The smallest absolute Gasteiger partial charge is 0.167 e. The number of thiophene rings is 1. The van der Waals surface area contributed by atoms with E-state index in [1.54, 1.807) is 11.3 Å². The number of aromatic nitrogens is 3. The minimum absolute atomic E-state index is 0.572. The van der Waals surface area contributed by atoms with Crippen LogP contribution in [0.5, 0.6) is 0 Å². The molecule has 0 aliphatic rings. The molecule has 9 aromatic carbocycles. The number of hydrogen-bond donors (Lipinski definition) is 0. The van der Waals surface area contributed by atoms with Crippen molar-refractivity contribution in [1.82, 2.24) is 15.0 Å². The Morgan fingerprint density at radius 1 is 0.321 bits per heavy atom. The van der Waals surface area contributed by atoms with E-state index >= 15 is 0 Å². The fourth-order valence-corrected chi connectivity index (χ4v) is 9.77. The maximum Gasteiger partial charge on any atom is 0.167 e. The number of nitrogens with zero attached hydrogens (tertiary/aromatic N) is 3. The Morgan fingerprint density at radius 3 is 1.54 bits per heavy atom. The van der Waals surface area contributed by atoms with Gasteiger partial charge in [-0.2, -0.15) is 0 Å². The van der Waals surface area contributed by atoms with Crippen LogP contribution in [-0.2, 0) is 0 Å². The van der Waals surface area contributed by atoms with Crippen LogP contribution in [0.2, 0.25) is 0 Å². The van der Waals surface area contributed by atoms with Gasteiger partial charge in [-0.3, -0.25) is 0 Å². The van der Waals surface area contributed by atoms with Gasteiger partial charge in [0.15, 0.2) is 17.5 Å². The van der Waals surface area contributed by atoms with Crippen molar-refractivity contribution in [3.63, 3.8) is 0 Å². The van der Waals surface area contributed by atoms with Crippen LogP contribution in [0, 0.1) is 0 Å². The fraction of sp³-hybridized carbons (Fsp3) is 0. The largest absolute Gasteiger partial charge is 0.455 e. The second-order valence-electron chi connectivity index (χ2n) is 14.3. The molecule has 0 amide bonds. The van der Waals surface area contributed by atoms with Crippen LogP contribution in [0.1, 0.15) is 0 Å². The van der Waals surface area contributed by atoms with Gasteiger partial charge in [0.05, 0.1) is 5.56 Å². The summed E-state index contributed by atoms with van der Waals surface area (Å²) in [7, 11) is 0. The van der Waals surface area contributed by atoms with Gasteiger partial charge in [-0.25, -0.2) is 15.0 Å². The highest BCUT2D eigenvalue weighted by Gasteiger charge is 2.21. The summed E-state index contributed by atoms with van der Waals surface area (Å²) in [5.41, 5.74) is 6.48. The molecule has 0 radical (unpaired) electrons. The molecule has 3 aromatic heterocycles. The molecule has 0 fully saturated rings. The molecular weight excluding hydrogens is 703 g/mol. The summed E-state index contributed by atoms with van der Waals surface area (Å²) >= 11 is 1.77. The standard InChI is InChI=1S/C51H29N3OS/c1-2-13-30(14-3-1)49-52-50(54-51(53-49)43-25-12-23-41-38-19-8-9-26-45(38)56-48(41)43)42-24-11-22-40-39-21-10-20-32(46(39)55-47(40)42)31-27-28-37-35-17-5-4-15-33(35)34-16-6-7-18-36(34)44(37)29-31/h1-29H. The monoisotopic (exact) mass is 731 g/mol. The average Bonchev–Trinajstić information content (AvgIpc) is 3.85. The molecule has 0 spiro atoms. The molecule has 0 N–H and O–H groups in total. The van der Waals surface area contributed by atoms with Gasteiger partial charge >= 0.3 is 0 Å². The van der Waals surface area contributed by atoms with Gasteiger partial charge < -0.3 is 4.42 Å². The second-order valence-corrected chi connectivity index (χ2v) is 15.3. The zero-order chi connectivity index (χ0) is 36.7. The maximum atomic E-state index is 7.00. The first-order chi connectivity index (χ1) is 27.8. The minimum Gasteiger partial charge on any atom is -0.455 e. The van der Waals surface area contributed by atoms with Gasteiger partial charge in [0.25, 0.3) is 0 Å². The normalized spacial score (nSPS) is 11.9. The number of furan rings is 1. The van der Waals surface area contributed by atoms with E-state index in [1.165, 1.54) is 47.8 Å². The van der Waals surface area contributed by atoms with E-state index in [4.69, 9.17) is 19.4 Å². The number of para-hydroxylation sites is 2. The Bertz CT molecular complexity index is 3510. The molecule has 0 saturated heterocycles. The van der Waals surface area contributed by atoms with Crippen molar-refractivity contribution >= 4 is 85.8 Å². The molecule has 0 unspecified atom stereocenters. The van der Waals surface area contributed by atoms with E-state index in [1.807, 2.05) is 30.3 Å². The van der Waals surface area contributed by atoms with E-state index in [0.29, 0.717) is 17.5 Å². The Morgan fingerprint density at radius 2 is 0.821 bits per heavy atom. The lowest BCUT2D eigenvalue weighted by molar-refractivity contribution is 0.670. The number of fused-ring (bicyclic) bond motifs is 12. The molecule has 0 aliphatic carbocycles. The molecule has 4 nitrogen and oxygen atoms in total. The third-order valence-electron chi connectivity index (χ3n) is 11.1. The predicted octanol–water partition coefficient (Wildman–Crippen LogP) is 14.3. The molecule has 12 rings (SSSR count). The van der Waals surface area contributed by atoms with Gasteiger partial charge in [0.1, 0.15) is 11.2 Å². The summed E-state index contributed by atoms with van der Waals surface area (Å²) in [5.74, 6) is 1.83. The van der Waals surface area contributed by atoms with E-state index in [0.717, 1.165) is 54.5 Å². The van der Waals surface area contributed by atoms with Crippen LogP contribution >= 0.6 is 11.3 Å². The molecular formula is C51H29N3OS. The first kappa shape index (κ1) is 31.2. The average molecular weight is 732 g/mol. The summed E-state index contributed by atoms with van der Waals surface area (Å²) in [6, 6.07) is 62.0. The van der Waals surface area contributed by atoms with Crippen LogP contribution in [0.3, 0.4) is 0 Å². The predicted molar refractivity (Wildman–Crippen MR) is 234 cm³/mol. The SMILES string of the molecule is c1ccc(-c2nc(-c3cccc4c3oc3c(-c5ccc6c7ccccc7c7ccccc7c6c5)cccc34)nc(-c3cccc4c3sc3ccccc34)n2)cc1. The molecule has 0 bridgehead atoms. The molecule has 12 aromatic rings. The van der Waals surface area contributed by atoms with Crippen LogP contribution < -0.4 is 0 Å². The highest BCUT2D eigenvalue weighted by molar-refractivity contribution is 7.26. The molecule has 0 atom stereocenters. The topological polar surface area (TPSA) is 51.8 Å². The van der Waals surface area contributed by atoms with Crippen LogP contribution in [0.4, 0.5) is 0 Å². The van der Waals surface area contributed by atoms with Gasteiger partial charge in [0.2, 0.25) is 0 Å². The minimum atomic E-state index is 0.572. The summed E-state index contributed by atoms with van der Waals surface area (Å²) < 4.78 is 9.40. The number of benzene rings is 9. The highest BCUT2D eigenvalue weighted by atomic mass is 32.1. The van der Waals surface area contributed by atoms with Crippen molar-refractivity contribution in [3.8, 4) is 45.3 Å². The lowest BCUT2D eigenvalue weighted by atomic mass is 9.92. The van der Waals surface area contributed by atoms with E-state index < -0.39 is 0 Å². The van der Waals surface area contributed by atoms with Crippen molar-refractivity contribution in [2.45, 2.75) is 0 Å². The third-order valence-corrected chi connectivity index (χ3v) is 12.4. The van der Waals surface area contributed by atoms with Gasteiger partial charge in [-0.15, -0.1) is 11.3 Å². The van der Waals surface area contributed by atoms with E-state index in [-0.39, 0.29) is 0 Å². The van der Waals surface area contributed by atoms with Gasteiger partial charge in [0, 0.05) is 47.6 Å². The zero-order valence-electron chi connectivity index (χ0n) is 29.9. The Balaban J connectivity index is 1.08. The van der Waals surface area contributed by atoms with Crippen molar-refractivity contribution in [1.29, 1.82) is 0 Å². The maximum absolute atomic E-state index is 7.00. The number of rotatable bonds is 4. The van der Waals surface area contributed by atoms with Crippen LogP contribution in [0.15, 0.2) is 180 Å². The summed E-state index contributed by atoms with van der Waals surface area (Å²) in [6.07, 6.45) is 0. The molecule has 3 heterocycles. The summed E-state index contributed by atoms with van der Waals surface area (Å²) in [6.45, 7) is 0. The van der Waals surface area contributed by atoms with Gasteiger partial charge in [-0.1, -0.05) is 152 Å². The number of hydrogen-bond acceptors (Lipinski definition) is 5. The molecule has 0 saturated carbocycles. The Kier molecular flexibility index (Phi) is 6.76. The first-order valence-electron chi connectivity index (χ1n) is 18.8. The lowest BCUT2D eigenvalue weighted by Gasteiger charge is -2.12. The third kappa shape index (κ3) is 4.68. The summed E-state index contributed by atoms with van der Waals surface area (Å²) in [5, 5.41) is 12.0. The molecule has 56 heavy (non-hydrogen) atoms. The zero-order valence-corrected chi connectivity index (χ0v) is 30.7. The summed E-state index contributed by atoms with van der Waals surface area (Å²) in [4.78, 5) is 15.5. The van der Waals surface area contributed by atoms with E-state index in [9.17, 15) is 0 Å². The molecule has 260 valence electrons. The quantitative estimate of drug-likeness (QED) is 0.169. The van der Waals surface area contributed by atoms with Crippen molar-refractivity contribution in [2.24, 2.45) is 0 Å². The highest BCUT2D eigenvalue weighted by Crippen LogP contribution is 2.43. The van der Waals surface area contributed by atoms with Crippen LogP contribution in [0.25, 0.3) is 120 Å².